The van der Waals surface area contributed by atoms with E-state index < -0.39 is 16.1 Å². The highest BCUT2D eigenvalue weighted by molar-refractivity contribution is 7.89. The van der Waals surface area contributed by atoms with Crippen LogP contribution >= 0.6 is 11.3 Å². The van der Waals surface area contributed by atoms with Crippen molar-refractivity contribution in [2.75, 3.05) is 5.32 Å². The number of nitrogens with zero attached hydrogens (tertiary/aromatic N) is 1. The van der Waals surface area contributed by atoms with Crippen LogP contribution in [0.2, 0.25) is 0 Å². The molecule has 7 nitrogen and oxygen atoms in total. The van der Waals surface area contributed by atoms with Crippen LogP contribution in [0.15, 0.2) is 59.6 Å². The molecule has 0 radical (unpaired) electrons. The van der Waals surface area contributed by atoms with Crippen molar-refractivity contribution < 1.29 is 17.9 Å². The molecule has 152 valence electrons. The van der Waals surface area contributed by atoms with Gasteiger partial charge in [0, 0.05) is 17.5 Å². The largest absolute Gasteiger partial charge is 0.481 e. The third-order valence-corrected chi connectivity index (χ3v) is 5.96. The molecule has 0 fully saturated rings. The van der Waals surface area contributed by atoms with E-state index >= 15 is 0 Å². The van der Waals surface area contributed by atoms with Crippen molar-refractivity contribution in [2.24, 2.45) is 5.14 Å². The van der Waals surface area contributed by atoms with Gasteiger partial charge in [-0.1, -0.05) is 29.8 Å². The fourth-order valence-electron chi connectivity index (χ4n) is 2.53. The van der Waals surface area contributed by atoms with Crippen LogP contribution in [0.1, 0.15) is 22.9 Å². The van der Waals surface area contributed by atoms with Crippen LogP contribution in [0.4, 0.5) is 5.13 Å². The first-order valence-electron chi connectivity index (χ1n) is 8.81. The summed E-state index contributed by atoms with van der Waals surface area (Å²) >= 11 is 1.35. The van der Waals surface area contributed by atoms with E-state index in [-0.39, 0.29) is 10.8 Å². The minimum atomic E-state index is -3.70. The predicted octanol–water partition coefficient (Wildman–Crippen LogP) is 3.10. The smallest absolute Gasteiger partial charge is 0.266 e. The molecule has 9 heteroatoms. The molecule has 3 rings (SSSR count). The average Bonchev–Trinajstić information content (AvgIpc) is 3.10. The van der Waals surface area contributed by atoms with Crippen molar-refractivity contribution in [1.82, 2.24) is 4.98 Å². The zero-order valence-electron chi connectivity index (χ0n) is 16.0. The maximum absolute atomic E-state index is 12.3. The first-order chi connectivity index (χ1) is 13.7. The van der Waals surface area contributed by atoms with E-state index in [4.69, 9.17) is 9.88 Å². The lowest BCUT2D eigenvalue weighted by Crippen LogP contribution is -2.30. The fourth-order valence-corrected chi connectivity index (χ4v) is 3.89. The van der Waals surface area contributed by atoms with Crippen molar-refractivity contribution in [3.8, 4) is 5.75 Å². The second kappa shape index (κ2) is 8.73. The van der Waals surface area contributed by atoms with Crippen molar-refractivity contribution >= 4 is 32.4 Å². The highest BCUT2D eigenvalue weighted by Crippen LogP contribution is 2.22. The molecule has 3 aromatic rings. The Morgan fingerprint density at radius 3 is 2.45 bits per heavy atom. The van der Waals surface area contributed by atoms with Crippen molar-refractivity contribution in [1.29, 1.82) is 0 Å². The maximum atomic E-state index is 12.3. The van der Waals surface area contributed by atoms with Gasteiger partial charge >= 0.3 is 0 Å². The average molecular weight is 432 g/mol. The normalized spacial score (nSPS) is 12.4. The number of hydrogen-bond acceptors (Lipinski definition) is 6. The second-order valence-electron chi connectivity index (χ2n) is 6.56. The molecule has 2 aromatic carbocycles. The lowest BCUT2D eigenvalue weighted by molar-refractivity contribution is -0.122. The van der Waals surface area contributed by atoms with Gasteiger partial charge in [0.15, 0.2) is 11.2 Å². The number of rotatable bonds is 7. The lowest BCUT2D eigenvalue weighted by atomic mass is 10.1. The van der Waals surface area contributed by atoms with Gasteiger partial charge in [-0.25, -0.2) is 18.5 Å². The zero-order valence-corrected chi connectivity index (χ0v) is 17.6. The molecule has 0 spiro atoms. The maximum Gasteiger partial charge on any atom is 0.266 e. The third-order valence-electron chi connectivity index (χ3n) is 4.12. The zero-order chi connectivity index (χ0) is 21.0. The number of carbonyl (C=O) groups is 1. The van der Waals surface area contributed by atoms with Gasteiger partial charge < -0.3 is 4.74 Å². The number of thiazole rings is 1. The van der Waals surface area contributed by atoms with Crippen LogP contribution in [0.3, 0.4) is 0 Å². The van der Waals surface area contributed by atoms with Crippen molar-refractivity contribution in [3.63, 3.8) is 0 Å². The number of amides is 1. The molecule has 0 aliphatic heterocycles. The molecular formula is C20H21N3O4S2. The number of aryl methyl sites for hydroxylation is 1. The molecule has 0 unspecified atom stereocenters. The van der Waals surface area contributed by atoms with Gasteiger partial charge in [0.05, 0.1) is 4.90 Å². The summed E-state index contributed by atoms with van der Waals surface area (Å²) in [5.74, 6) is 0.338. The number of primary sulfonamides is 1. The summed E-state index contributed by atoms with van der Waals surface area (Å²) in [6, 6.07) is 13.8. The van der Waals surface area contributed by atoms with Gasteiger partial charge in [0.1, 0.15) is 5.75 Å². The van der Waals surface area contributed by atoms with Gasteiger partial charge in [-0.05, 0) is 43.7 Å². The van der Waals surface area contributed by atoms with Gasteiger partial charge in [0.2, 0.25) is 10.0 Å². The standard InChI is InChI=1S/C20H21N3O4S2/c1-13-3-7-16(8-4-13)27-14(2)19(24)23-20-22-12-17(28-20)11-15-5-9-18(10-6-15)29(21,25)26/h3-10,12,14H,11H2,1-2H3,(H2,21,25,26)(H,22,23,24)/t14-/m1/s1. The first-order valence-corrected chi connectivity index (χ1v) is 11.2. The Labute approximate surface area is 173 Å². The Kier molecular flexibility index (Phi) is 6.31. The quantitative estimate of drug-likeness (QED) is 0.597. The number of sulfonamides is 1. The summed E-state index contributed by atoms with van der Waals surface area (Å²) in [7, 11) is -3.70. The van der Waals surface area contributed by atoms with Crippen LogP contribution in [0.25, 0.3) is 0 Å². The number of nitrogens with two attached hydrogens (primary N) is 1. The molecule has 1 atom stereocenters. The Morgan fingerprint density at radius 1 is 1.17 bits per heavy atom. The molecule has 0 aliphatic rings. The van der Waals surface area contributed by atoms with Gasteiger partial charge in [-0.2, -0.15) is 0 Å². The second-order valence-corrected chi connectivity index (χ2v) is 9.24. The molecule has 1 heterocycles. The highest BCUT2D eigenvalue weighted by atomic mass is 32.2. The third kappa shape index (κ3) is 5.86. The van der Waals surface area contributed by atoms with E-state index in [1.54, 1.807) is 25.3 Å². The molecule has 0 saturated carbocycles. The summed E-state index contributed by atoms with van der Waals surface area (Å²) in [6.45, 7) is 3.66. The summed E-state index contributed by atoms with van der Waals surface area (Å²) in [5.41, 5.74) is 2.03. The molecule has 1 amide bonds. The van der Waals surface area contributed by atoms with Crippen molar-refractivity contribution in [2.45, 2.75) is 31.3 Å². The lowest BCUT2D eigenvalue weighted by Gasteiger charge is -2.13. The number of carbonyl (C=O) groups excluding carboxylic acids is 1. The van der Waals surface area contributed by atoms with Crippen LogP contribution < -0.4 is 15.2 Å². The minimum absolute atomic E-state index is 0.0704. The topological polar surface area (TPSA) is 111 Å². The molecule has 1 aromatic heterocycles. The van der Waals surface area contributed by atoms with E-state index in [9.17, 15) is 13.2 Å². The van der Waals surface area contributed by atoms with E-state index in [2.05, 4.69) is 10.3 Å². The molecule has 0 saturated heterocycles. The fraction of sp³-hybridized carbons (Fsp3) is 0.200. The van der Waals surface area contributed by atoms with Crippen molar-refractivity contribution in [3.05, 3.63) is 70.7 Å². The van der Waals surface area contributed by atoms with Gasteiger partial charge in [-0.15, -0.1) is 11.3 Å². The Hall–Kier alpha value is -2.75. The molecule has 0 bridgehead atoms. The van der Waals surface area contributed by atoms with Crippen LogP contribution in [-0.2, 0) is 21.2 Å². The van der Waals surface area contributed by atoms with E-state index in [0.717, 1.165) is 16.0 Å². The monoisotopic (exact) mass is 431 g/mol. The summed E-state index contributed by atoms with van der Waals surface area (Å²) < 4.78 is 28.3. The summed E-state index contributed by atoms with van der Waals surface area (Å²) in [5, 5.41) is 8.34. The minimum Gasteiger partial charge on any atom is -0.481 e. The van der Waals surface area contributed by atoms with Gasteiger partial charge in [0.25, 0.3) is 5.91 Å². The first kappa shape index (κ1) is 21.0. The summed E-state index contributed by atoms with van der Waals surface area (Å²) in [4.78, 5) is 17.6. The van der Waals surface area contributed by atoms with Gasteiger partial charge in [-0.3, -0.25) is 10.1 Å². The number of benzene rings is 2. The Bertz CT molecular complexity index is 1090. The number of hydrogen-bond donors (Lipinski definition) is 2. The molecule has 29 heavy (non-hydrogen) atoms. The number of anilines is 1. The number of aromatic nitrogens is 1. The van der Waals surface area contributed by atoms with Crippen LogP contribution in [-0.4, -0.2) is 25.4 Å². The SMILES string of the molecule is Cc1ccc(O[C@H](C)C(=O)Nc2ncc(Cc3ccc(S(N)(=O)=O)cc3)s2)cc1. The highest BCUT2D eigenvalue weighted by Gasteiger charge is 2.16. The Morgan fingerprint density at radius 2 is 1.83 bits per heavy atom. The van der Waals surface area contributed by atoms with E-state index in [1.165, 1.54) is 23.5 Å². The molecule has 0 aliphatic carbocycles. The Balaban J connectivity index is 1.58. The number of ether oxygens (including phenoxy) is 1. The van der Waals surface area contributed by atoms with Crippen LogP contribution in [0, 0.1) is 6.92 Å². The van der Waals surface area contributed by atoms with E-state index in [1.807, 2.05) is 31.2 Å². The number of nitrogens with one attached hydrogen (secondary N) is 1. The predicted molar refractivity (Wildman–Crippen MR) is 113 cm³/mol. The molecular weight excluding hydrogens is 410 g/mol. The van der Waals surface area contributed by atoms with E-state index in [0.29, 0.717) is 17.3 Å². The summed E-state index contributed by atoms with van der Waals surface area (Å²) in [6.07, 6.45) is 1.57. The molecule has 3 N–H and O–H groups in total. The van der Waals surface area contributed by atoms with Crippen LogP contribution in [0.5, 0.6) is 5.75 Å².